The summed E-state index contributed by atoms with van der Waals surface area (Å²) in [5, 5.41) is 2.76. The molecule has 1 atom stereocenters. The number of hydrogen-bond donors (Lipinski definition) is 1. The predicted octanol–water partition coefficient (Wildman–Crippen LogP) is 4.34. The minimum atomic E-state index is -0.440. The zero-order valence-electron chi connectivity index (χ0n) is 15.3. The second-order valence-electron chi connectivity index (χ2n) is 6.17. The molecule has 0 saturated heterocycles. The Balaban J connectivity index is 2.04. The highest BCUT2D eigenvalue weighted by Gasteiger charge is 2.06. The van der Waals surface area contributed by atoms with E-state index in [1.807, 2.05) is 39.0 Å². The van der Waals surface area contributed by atoms with E-state index in [2.05, 4.69) is 10.3 Å². The number of ether oxygens (including phenoxy) is 2. The monoisotopic (exact) mass is 358 g/mol. The molecule has 138 valence electrons. The normalized spacial score (nSPS) is 12.2. The van der Waals surface area contributed by atoms with E-state index >= 15 is 0 Å². The van der Waals surface area contributed by atoms with Crippen molar-refractivity contribution in [1.82, 2.24) is 10.3 Å². The molecule has 1 amide bonds. The van der Waals surface area contributed by atoms with Crippen LogP contribution in [0.1, 0.15) is 33.3 Å². The summed E-state index contributed by atoms with van der Waals surface area (Å²) >= 11 is 0. The van der Waals surface area contributed by atoms with Crippen LogP contribution in [0.25, 0.3) is 6.08 Å². The Morgan fingerprint density at radius 3 is 2.54 bits per heavy atom. The van der Waals surface area contributed by atoms with E-state index in [9.17, 15) is 9.18 Å². The summed E-state index contributed by atoms with van der Waals surface area (Å²) in [5.74, 6) is 0.542. The molecule has 2 aromatic rings. The van der Waals surface area contributed by atoms with Crippen molar-refractivity contribution in [2.45, 2.75) is 39.8 Å². The number of amides is 1. The number of benzene rings is 1. The Morgan fingerprint density at radius 1 is 1.19 bits per heavy atom. The lowest BCUT2D eigenvalue weighted by molar-refractivity contribution is -0.119. The van der Waals surface area contributed by atoms with Gasteiger partial charge in [0.2, 0.25) is 11.8 Å². The summed E-state index contributed by atoms with van der Waals surface area (Å²) in [5.41, 5.74) is 0.859. The fraction of sp³-hybridized carbons (Fsp3) is 0.300. The number of nitrogens with zero attached hydrogens (tertiary/aromatic N) is 1. The standard InChI is InChI=1S/C20H23FN2O3/c1-13(2)25-18-9-17(21)10-19(11-18)26-20-8-7-16(12-22-20)6-5-14(3)23-15(4)24/h5-14H,1-4H3,(H,23,24)/b6-5+/t14-/m0/s1. The molecule has 1 aromatic carbocycles. The first-order valence-electron chi connectivity index (χ1n) is 8.38. The third-order valence-corrected chi connectivity index (χ3v) is 3.21. The number of halogens is 1. The van der Waals surface area contributed by atoms with Crippen molar-refractivity contribution in [1.29, 1.82) is 0 Å². The van der Waals surface area contributed by atoms with E-state index in [1.54, 1.807) is 18.3 Å². The van der Waals surface area contributed by atoms with Gasteiger partial charge < -0.3 is 14.8 Å². The molecule has 0 fully saturated rings. The Kier molecular flexibility index (Phi) is 6.72. The van der Waals surface area contributed by atoms with Crippen molar-refractivity contribution in [2.75, 3.05) is 0 Å². The van der Waals surface area contributed by atoms with Gasteiger partial charge in [0.15, 0.2) is 0 Å². The van der Waals surface area contributed by atoms with Gasteiger partial charge in [-0.2, -0.15) is 0 Å². The van der Waals surface area contributed by atoms with Crippen LogP contribution >= 0.6 is 0 Å². The van der Waals surface area contributed by atoms with Gasteiger partial charge in [0.05, 0.1) is 6.10 Å². The zero-order chi connectivity index (χ0) is 19.1. The second-order valence-corrected chi connectivity index (χ2v) is 6.17. The number of aromatic nitrogens is 1. The lowest BCUT2D eigenvalue weighted by Gasteiger charge is -2.11. The molecule has 0 aliphatic rings. The van der Waals surface area contributed by atoms with Crippen LogP contribution in [0.4, 0.5) is 4.39 Å². The molecule has 0 aliphatic carbocycles. The van der Waals surface area contributed by atoms with Crippen molar-refractivity contribution in [3.8, 4) is 17.4 Å². The van der Waals surface area contributed by atoms with E-state index in [-0.39, 0.29) is 18.1 Å². The van der Waals surface area contributed by atoms with Gasteiger partial charge in [0.25, 0.3) is 0 Å². The Labute approximate surface area is 152 Å². The van der Waals surface area contributed by atoms with Crippen LogP contribution in [-0.4, -0.2) is 23.0 Å². The molecule has 2 rings (SSSR count). The van der Waals surface area contributed by atoms with Gasteiger partial charge in [-0.3, -0.25) is 4.79 Å². The molecule has 0 radical (unpaired) electrons. The van der Waals surface area contributed by atoms with E-state index in [0.717, 1.165) is 5.56 Å². The maximum absolute atomic E-state index is 13.7. The summed E-state index contributed by atoms with van der Waals surface area (Å²) < 4.78 is 24.8. The first-order valence-corrected chi connectivity index (χ1v) is 8.38. The van der Waals surface area contributed by atoms with Crippen LogP contribution in [0.15, 0.2) is 42.6 Å². The summed E-state index contributed by atoms with van der Waals surface area (Å²) in [7, 11) is 0. The van der Waals surface area contributed by atoms with Crippen molar-refractivity contribution in [3.63, 3.8) is 0 Å². The summed E-state index contributed by atoms with van der Waals surface area (Å²) in [6.45, 7) is 7.09. The van der Waals surface area contributed by atoms with E-state index in [0.29, 0.717) is 17.4 Å². The number of carbonyl (C=O) groups is 1. The number of carbonyl (C=O) groups excluding carboxylic acids is 1. The smallest absolute Gasteiger partial charge is 0.219 e. The maximum atomic E-state index is 13.7. The largest absolute Gasteiger partial charge is 0.491 e. The zero-order valence-corrected chi connectivity index (χ0v) is 15.3. The predicted molar refractivity (Wildman–Crippen MR) is 98.8 cm³/mol. The molecule has 1 aromatic heterocycles. The van der Waals surface area contributed by atoms with Crippen molar-refractivity contribution < 1.29 is 18.7 Å². The molecule has 26 heavy (non-hydrogen) atoms. The quantitative estimate of drug-likeness (QED) is 0.800. The van der Waals surface area contributed by atoms with Crippen LogP contribution in [0.2, 0.25) is 0 Å². The van der Waals surface area contributed by atoms with Crippen molar-refractivity contribution in [2.24, 2.45) is 0 Å². The van der Waals surface area contributed by atoms with Gasteiger partial charge in [-0.05, 0) is 32.4 Å². The van der Waals surface area contributed by atoms with Gasteiger partial charge >= 0.3 is 0 Å². The number of rotatable bonds is 7. The minimum absolute atomic E-state index is 0.0614. The molecule has 0 bridgehead atoms. The number of pyridine rings is 1. The van der Waals surface area contributed by atoms with Gasteiger partial charge in [-0.1, -0.05) is 12.2 Å². The van der Waals surface area contributed by atoms with Crippen LogP contribution in [0.5, 0.6) is 17.4 Å². The van der Waals surface area contributed by atoms with Crippen molar-refractivity contribution in [3.05, 3.63) is 54.0 Å². The number of hydrogen-bond acceptors (Lipinski definition) is 4. The topological polar surface area (TPSA) is 60.5 Å². The van der Waals surface area contributed by atoms with Gasteiger partial charge in [0, 0.05) is 43.4 Å². The SMILES string of the molecule is CC(=O)N[C@@H](C)/C=C/c1ccc(Oc2cc(F)cc(OC(C)C)c2)nc1. The molecule has 0 saturated carbocycles. The minimum Gasteiger partial charge on any atom is -0.491 e. The lowest BCUT2D eigenvalue weighted by Crippen LogP contribution is -2.28. The third kappa shape index (κ3) is 6.55. The highest BCUT2D eigenvalue weighted by Crippen LogP contribution is 2.26. The second kappa shape index (κ2) is 8.99. The fourth-order valence-electron chi connectivity index (χ4n) is 2.23. The average molecular weight is 358 g/mol. The first kappa shape index (κ1) is 19.4. The van der Waals surface area contributed by atoms with Crippen molar-refractivity contribution >= 4 is 12.0 Å². The van der Waals surface area contributed by atoms with E-state index < -0.39 is 5.82 Å². The van der Waals surface area contributed by atoms with Crippen LogP contribution < -0.4 is 14.8 Å². The Morgan fingerprint density at radius 2 is 1.92 bits per heavy atom. The maximum Gasteiger partial charge on any atom is 0.219 e. The molecule has 5 nitrogen and oxygen atoms in total. The van der Waals surface area contributed by atoms with Crippen LogP contribution in [0, 0.1) is 5.82 Å². The van der Waals surface area contributed by atoms with Gasteiger partial charge in [0.1, 0.15) is 17.3 Å². The van der Waals surface area contributed by atoms with E-state index in [1.165, 1.54) is 19.1 Å². The molecule has 6 heteroatoms. The summed E-state index contributed by atoms with van der Waals surface area (Å²) in [6, 6.07) is 7.64. The molecule has 1 N–H and O–H groups in total. The molecule has 1 heterocycles. The average Bonchev–Trinajstić information content (AvgIpc) is 2.52. The number of nitrogens with one attached hydrogen (secondary N) is 1. The van der Waals surface area contributed by atoms with Gasteiger partial charge in [-0.15, -0.1) is 0 Å². The molecule has 0 spiro atoms. The molecular weight excluding hydrogens is 335 g/mol. The summed E-state index contributed by atoms with van der Waals surface area (Å²) in [4.78, 5) is 15.2. The molecule has 0 unspecified atom stereocenters. The highest BCUT2D eigenvalue weighted by atomic mass is 19.1. The lowest BCUT2D eigenvalue weighted by atomic mass is 10.2. The van der Waals surface area contributed by atoms with Crippen LogP contribution in [-0.2, 0) is 4.79 Å². The van der Waals surface area contributed by atoms with Crippen LogP contribution in [0.3, 0.4) is 0 Å². The fourth-order valence-corrected chi connectivity index (χ4v) is 2.23. The first-order chi connectivity index (χ1) is 12.3. The van der Waals surface area contributed by atoms with E-state index in [4.69, 9.17) is 9.47 Å². The Hall–Kier alpha value is -2.89. The molecule has 0 aliphatic heterocycles. The summed E-state index contributed by atoms with van der Waals surface area (Å²) in [6.07, 6.45) is 5.29. The third-order valence-electron chi connectivity index (χ3n) is 3.21. The molecular formula is C20H23FN2O3. The Bertz CT molecular complexity index is 773. The highest BCUT2D eigenvalue weighted by molar-refractivity contribution is 5.73. The van der Waals surface area contributed by atoms with Gasteiger partial charge in [-0.25, -0.2) is 9.37 Å².